The maximum atomic E-state index is 9.26. The summed E-state index contributed by atoms with van der Waals surface area (Å²) in [4.78, 5) is 5.03. The van der Waals surface area contributed by atoms with Crippen LogP contribution in [0.3, 0.4) is 0 Å². The molecule has 5 aliphatic rings. The molecule has 0 radical (unpaired) electrons. The minimum Gasteiger partial charge on any atom is -0.371 e. The third-order valence-corrected chi connectivity index (χ3v) is 8.49. The van der Waals surface area contributed by atoms with E-state index in [9.17, 15) is 21.0 Å². The Labute approximate surface area is 213 Å². The first kappa shape index (κ1) is 23.7. The highest BCUT2D eigenvalue weighted by Crippen LogP contribution is 2.41. The Morgan fingerprint density at radius 3 is 1.28 bits per heavy atom. The molecule has 0 unspecified atom stereocenters. The Hall–Kier alpha value is -4.00. The fraction of sp³-hybridized carbons (Fsp3) is 0.467. The average Bonchev–Trinajstić information content (AvgIpc) is 2.93. The van der Waals surface area contributed by atoms with Crippen molar-refractivity contribution in [2.24, 2.45) is 11.8 Å². The third kappa shape index (κ3) is 4.61. The molecule has 2 atom stereocenters. The zero-order valence-electron chi connectivity index (χ0n) is 20.6. The fourth-order valence-electron chi connectivity index (χ4n) is 6.40. The van der Waals surface area contributed by atoms with E-state index in [-0.39, 0.29) is 11.1 Å². The molecule has 6 heteroatoms. The lowest BCUT2D eigenvalue weighted by atomic mass is 9.77. The van der Waals surface area contributed by atoms with Gasteiger partial charge in [-0.05, 0) is 97.6 Å². The molecule has 0 spiro atoms. The monoisotopic (exact) mass is 474 g/mol. The summed E-state index contributed by atoms with van der Waals surface area (Å²) in [5, 5.41) is 37.1. The Morgan fingerprint density at radius 1 is 0.556 bits per heavy atom. The maximum absolute atomic E-state index is 9.26. The van der Waals surface area contributed by atoms with Crippen LogP contribution >= 0.6 is 0 Å². The van der Waals surface area contributed by atoms with Gasteiger partial charge < -0.3 is 9.80 Å². The summed E-state index contributed by atoms with van der Waals surface area (Å²) in [6.07, 6.45) is 17.0. The summed E-state index contributed by atoms with van der Waals surface area (Å²) in [5.74, 6) is 1.09. The van der Waals surface area contributed by atoms with E-state index in [2.05, 4.69) is 58.4 Å². The van der Waals surface area contributed by atoms with Gasteiger partial charge in [0, 0.05) is 37.6 Å². The number of nitriles is 4. The van der Waals surface area contributed by atoms with Crippen molar-refractivity contribution in [1.29, 1.82) is 21.0 Å². The number of allylic oxidation sites excluding steroid dienone is 12. The van der Waals surface area contributed by atoms with E-state index in [1.807, 2.05) is 0 Å². The second kappa shape index (κ2) is 10.3. The van der Waals surface area contributed by atoms with Gasteiger partial charge in [0.05, 0.1) is 0 Å². The first-order valence-corrected chi connectivity index (χ1v) is 13.0. The lowest BCUT2D eigenvalue weighted by Crippen LogP contribution is -2.46. The quantitative estimate of drug-likeness (QED) is 0.502. The van der Waals surface area contributed by atoms with Crippen LogP contribution in [0.4, 0.5) is 0 Å². The molecule has 0 bridgehead atoms. The smallest absolute Gasteiger partial charge is 0.132 e. The van der Waals surface area contributed by atoms with Crippen molar-refractivity contribution in [3.8, 4) is 24.3 Å². The van der Waals surface area contributed by atoms with Gasteiger partial charge in [-0.15, -0.1) is 0 Å². The van der Waals surface area contributed by atoms with Gasteiger partial charge in [-0.1, -0.05) is 12.2 Å². The summed E-state index contributed by atoms with van der Waals surface area (Å²) >= 11 is 0. The van der Waals surface area contributed by atoms with E-state index in [1.54, 1.807) is 0 Å². The van der Waals surface area contributed by atoms with Crippen LogP contribution in [0, 0.1) is 57.2 Å². The van der Waals surface area contributed by atoms with Crippen LogP contribution in [0.25, 0.3) is 0 Å². The minimum absolute atomic E-state index is 0.255. The summed E-state index contributed by atoms with van der Waals surface area (Å²) in [5.41, 5.74) is 7.63. The van der Waals surface area contributed by atoms with Gasteiger partial charge >= 0.3 is 0 Å². The molecule has 1 saturated heterocycles. The minimum atomic E-state index is 0.255. The van der Waals surface area contributed by atoms with Crippen LogP contribution in [0.1, 0.15) is 51.4 Å². The third-order valence-electron chi connectivity index (χ3n) is 8.49. The second-order valence-electron chi connectivity index (χ2n) is 10.3. The van der Waals surface area contributed by atoms with Crippen LogP contribution in [0.5, 0.6) is 0 Å². The predicted molar refractivity (Wildman–Crippen MR) is 136 cm³/mol. The molecule has 5 rings (SSSR count). The van der Waals surface area contributed by atoms with E-state index >= 15 is 0 Å². The van der Waals surface area contributed by atoms with Gasteiger partial charge in [-0.2, -0.15) is 21.0 Å². The molecule has 4 aliphatic carbocycles. The van der Waals surface area contributed by atoms with Crippen LogP contribution in [0.15, 0.2) is 69.1 Å². The molecular weight excluding hydrogens is 444 g/mol. The van der Waals surface area contributed by atoms with Gasteiger partial charge in [-0.3, -0.25) is 0 Å². The molecule has 6 nitrogen and oxygen atoms in total. The predicted octanol–water partition coefficient (Wildman–Crippen LogP) is 5.32. The summed E-state index contributed by atoms with van der Waals surface area (Å²) < 4.78 is 0. The van der Waals surface area contributed by atoms with E-state index < -0.39 is 0 Å². The standard InChI is InChI=1S/C30H30N6/c31-17-27(18-32)23-3-1-21-5-7-29(15-25(21)13-23)35-9-11-36(12-10-35)30-8-6-22-2-4-24(14-26(22)16-30)28(19-33)20-34/h13-16,21-22H,1-12H2/t21-,22-/m1/s1. The summed E-state index contributed by atoms with van der Waals surface area (Å²) in [6, 6.07) is 8.22. The Kier molecular flexibility index (Phi) is 6.80. The number of piperazine rings is 1. The van der Waals surface area contributed by atoms with Crippen LogP contribution in [-0.4, -0.2) is 36.0 Å². The van der Waals surface area contributed by atoms with Gasteiger partial charge in [0.2, 0.25) is 0 Å². The highest BCUT2D eigenvalue weighted by atomic mass is 15.3. The van der Waals surface area contributed by atoms with Crippen LogP contribution in [0.2, 0.25) is 0 Å². The highest BCUT2D eigenvalue weighted by molar-refractivity contribution is 5.50. The van der Waals surface area contributed by atoms with Gasteiger partial charge in [0.15, 0.2) is 0 Å². The number of fused-ring (bicyclic) bond motifs is 2. The molecular formula is C30H30N6. The topological polar surface area (TPSA) is 102 Å². The lowest BCUT2D eigenvalue weighted by Gasteiger charge is -2.43. The zero-order chi connectivity index (χ0) is 25.1. The normalized spacial score (nSPS) is 25.3. The van der Waals surface area contributed by atoms with E-state index in [0.717, 1.165) is 88.7 Å². The average molecular weight is 475 g/mol. The number of hydrogen-bond donors (Lipinski definition) is 0. The molecule has 1 fully saturated rings. The molecule has 180 valence electrons. The van der Waals surface area contributed by atoms with E-state index in [0.29, 0.717) is 11.8 Å². The maximum Gasteiger partial charge on any atom is 0.132 e. The molecule has 0 aromatic rings. The molecule has 0 N–H and O–H groups in total. The van der Waals surface area contributed by atoms with E-state index in [4.69, 9.17) is 0 Å². The fourth-order valence-corrected chi connectivity index (χ4v) is 6.40. The van der Waals surface area contributed by atoms with E-state index in [1.165, 1.54) is 22.5 Å². The first-order valence-electron chi connectivity index (χ1n) is 13.0. The zero-order valence-corrected chi connectivity index (χ0v) is 20.6. The molecule has 0 aromatic heterocycles. The van der Waals surface area contributed by atoms with Gasteiger partial charge in [0.1, 0.15) is 35.4 Å². The SMILES string of the molecule is N#CC(C#N)=C1C=C2C=C(N3CCN(C4=CC5=CC(=C(C#N)C#N)CC[C@@H]5CC4)CC3)CC[C@H]2CC1. The van der Waals surface area contributed by atoms with Gasteiger partial charge in [-0.25, -0.2) is 0 Å². The Morgan fingerprint density at radius 2 is 0.917 bits per heavy atom. The Bertz CT molecular complexity index is 1160. The number of nitrogens with zero attached hydrogens (tertiary/aromatic N) is 6. The molecule has 36 heavy (non-hydrogen) atoms. The summed E-state index contributed by atoms with van der Waals surface area (Å²) in [6.45, 7) is 3.97. The van der Waals surface area contributed by atoms with Crippen molar-refractivity contribution < 1.29 is 0 Å². The lowest BCUT2D eigenvalue weighted by molar-refractivity contribution is 0.177. The van der Waals surface area contributed by atoms with Crippen molar-refractivity contribution in [3.05, 3.63) is 69.1 Å². The second-order valence-corrected chi connectivity index (χ2v) is 10.3. The van der Waals surface area contributed by atoms with Crippen LogP contribution in [-0.2, 0) is 0 Å². The van der Waals surface area contributed by atoms with Crippen molar-refractivity contribution >= 4 is 0 Å². The Balaban J connectivity index is 1.28. The van der Waals surface area contributed by atoms with Crippen molar-refractivity contribution in [3.63, 3.8) is 0 Å². The van der Waals surface area contributed by atoms with Gasteiger partial charge in [0.25, 0.3) is 0 Å². The highest BCUT2D eigenvalue weighted by Gasteiger charge is 2.30. The largest absolute Gasteiger partial charge is 0.371 e. The molecule has 1 aliphatic heterocycles. The molecule has 1 heterocycles. The van der Waals surface area contributed by atoms with Crippen molar-refractivity contribution in [2.45, 2.75) is 51.4 Å². The van der Waals surface area contributed by atoms with Crippen molar-refractivity contribution in [2.75, 3.05) is 26.2 Å². The van der Waals surface area contributed by atoms with Crippen LogP contribution < -0.4 is 0 Å². The first-order chi connectivity index (χ1) is 17.6. The number of rotatable bonds is 2. The number of hydrogen-bond acceptors (Lipinski definition) is 6. The summed E-state index contributed by atoms with van der Waals surface area (Å²) in [7, 11) is 0. The van der Waals surface area contributed by atoms with Crippen molar-refractivity contribution in [1.82, 2.24) is 9.80 Å². The molecule has 0 aromatic carbocycles. The molecule has 0 amide bonds. The molecule has 0 saturated carbocycles.